The molecular formula is C12H12BrF2NO3. The molecule has 0 aliphatic rings. The van der Waals surface area contributed by atoms with Gasteiger partial charge in [0, 0.05) is 12.5 Å². The van der Waals surface area contributed by atoms with Gasteiger partial charge in [-0.3, -0.25) is 9.59 Å². The summed E-state index contributed by atoms with van der Waals surface area (Å²) in [5, 5.41) is 11.1. The molecule has 0 saturated heterocycles. The van der Waals surface area contributed by atoms with Gasteiger partial charge in [0.05, 0.1) is 15.6 Å². The van der Waals surface area contributed by atoms with Crippen molar-refractivity contribution in [2.45, 2.75) is 20.3 Å². The van der Waals surface area contributed by atoms with E-state index in [4.69, 9.17) is 5.11 Å². The van der Waals surface area contributed by atoms with Crippen LogP contribution in [-0.2, 0) is 9.59 Å². The molecule has 0 atom stereocenters. The Morgan fingerprint density at radius 2 is 1.89 bits per heavy atom. The van der Waals surface area contributed by atoms with Crippen molar-refractivity contribution in [2.24, 2.45) is 5.41 Å². The molecular weight excluding hydrogens is 324 g/mol. The summed E-state index contributed by atoms with van der Waals surface area (Å²) < 4.78 is 26.4. The highest BCUT2D eigenvalue weighted by Crippen LogP contribution is 2.25. The fraction of sp³-hybridized carbons (Fsp3) is 0.333. The molecule has 0 heterocycles. The Morgan fingerprint density at radius 1 is 1.32 bits per heavy atom. The van der Waals surface area contributed by atoms with Crippen molar-refractivity contribution in [3.05, 3.63) is 28.2 Å². The van der Waals surface area contributed by atoms with Crippen LogP contribution >= 0.6 is 15.9 Å². The quantitative estimate of drug-likeness (QED) is 0.830. The van der Waals surface area contributed by atoms with Crippen LogP contribution in [0.5, 0.6) is 0 Å². The van der Waals surface area contributed by atoms with Crippen molar-refractivity contribution in [3.63, 3.8) is 0 Å². The van der Waals surface area contributed by atoms with Crippen LogP contribution in [0.2, 0.25) is 0 Å². The second-order valence-electron chi connectivity index (χ2n) is 4.66. The summed E-state index contributed by atoms with van der Waals surface area (Å²) in [4.78, 5) is 22.5. The van der Waals surface area contributed by atoms with E-state index in [9.17, 15) is 18.4 Å². The number of halogens is 3. The first-order valence-electron chi connectivity index (χ1n) is 5.31. The Kier molecular flexibility index (Phi) is 4.62. The van der Waals surface area contributed by atoms with E-state index in [-0.39, 0.29) is 16.6 Å². The van der Waals surface area contributed by atoms with Gasteiger partial charge in [-0.1, -0.05) is 0 Å². The summed E-state index contributed by atoms with van der Waals surface area (Å²) in [5.74, 6) is -3.52. The zero-order valence-corrected chi connectivity index (χ0v) is 11.8. The molecule has 0 radical (unpaired) electrons. The van der Waals surface area contributed by atoms with Gasteiger partial charge in [0.2, 0.25) is 5.91 Å². The molecule has 0 aromatic heterocycles. The lowest BCUT2D eigenvalue weighted by atomic mass is 9.89. The monoisotopic (exact) mass is 335 g/mol. The third kappa shape index (κ3) is 3.99. The van der Waals surface area contributed by atoms with Gasteiger partial charge < -0.3 is 10.4 Å². The zero-order chi connectivity index (χ0) is 14.8. The highest BCUT2D eigenvalue weighted by atomic mass is 79.9. The molecule has 104 valence electrons. The number of carboxylic acids is 1. The first-order chi connectivity index (χ1) is 8.63. The molecule has 1 amide bonds. The fourth-order valence-electron chi connectivity index (χ4n) is 1.29. The topological polar surface area (TPSA) is 66.4 Å². The Morgan fingerprint density at radius 3 is 2.42 bits per heavy atom. The van der Waals surface area contributed by atoms with Crippen molar-refractivity contribution >= 4 is 33.5 Å². The Hall–Kier alpha value is -1.50. The van der Waals surface area contributed by atoms with Gasteiger partial charge in [-0.15, -0.1) is 0 Å². The maximum Gasteiger partial charge on any atom is 0.309 e. The number of benzene rings is 1. The van der Waals surface area contributed by atoms with Gasteiger partial charge in [0.1, 0.15) is 11.6 Å². The third-order valence-corrected chi connectivity index (χ3v) is 3.07. The van der Waals surface area contributed by atoms with Crippen molar-refractivity contribution in [2.75, 3.05) is 5.32 Å². The second-order valence-corrected chi connectivity index (χ2v) is 5.51. The molecule has 1 rings (SSSR count). The molecule has 19 heavy (non-hydrogen) atoms. The molecule has 0 saturated carbocycles. The highest BCUT2D eigenvalue weighted by molar-refractivity contribution is 9.10. The van der Waals surface area contributed by atoms with Crippen molar-refractivity contribution in [1.29, 1.82) is 0 Å². The van der Waals surface area contributed by atoms with Crippen LogP contribution in [-0.4, -0.2) is 17.0 Å². The summed E-state index contributed by atoms with van der Waals surface area (Å²) >= 11 is 2.87. The van der Waals surface area contributed by atoms with Crippen molar-refractivity contribution < 1.29 is 23.5 Å². The predicted octanol–water partition coefficient (Wildman–Crippen LogP) is 3.17. The molecule has 0 fully saturated rings. The number of carbonyl (C=O) groups excluding carboxylic acids is 1. The van der Waals surface area contributed by atoms with Crippen LogP contribution in [0.4, 0.5) is 14.5 Å². The van der Waals surface area contributed by atoms with E-state index in [1.165, 1.54) is 13.8 Å². The van der Waals surface area contributed by atoms with Gasteiger partial charge in [-0.2, -0.15) is 0 Å². The molecule has 1 aromatic carbocycles. The second kappa shape index (κ2) is 5.64. The van der Waals surface area contributed by atoms with Crippen LogP contribution in [0, 0.1) is 17.0 Å². The number of hydrogen-bond donors (Lipinski definition) is 2. The van der Waals surface area contributed by atoms with Gasteiger partial charge in [-0.05, 0) is 35.8 Å². The molecule has 0 aliphatic carbocycles. The van der Waals surface area contributed by atoms with E-state index < -0.39 is 28.9 Å². The van der Waals surface area contributed by atoms with E-state index in [1.54, 1.807) is 0 Å². The Labute approximate surface area is 116 Å². The third-order valence-electron chi connectivity index (χ3n) is 2.47. The van der Waals surface area contributed by atoms with Crippen LogP contribution in [0.15, 0.2) is 16.6 Å². The van der Waals surface area contributed by atoms with E-state index in [1.807, 2.05) is 0 Å². The first kappa shape index (κ1) is 15.6. The van der Waals surface area contributed by atoms with E-state index in [0.29, 0.717) is 6.07 Å². The first-order valence-corrected chi connectivity index (χ1v) is 6.10. The van der Waals surface area contributed by atoms with Gasteiger partial charge >= 0.3 is 5.97 Å². The zero-order valence-electron chi connectivity index (χ0n) is 10.3. The van der Waals surface area contributed by atoms with Gasteiger partial charge in [0.15, 0.2) is 0 Å². The minimum absolute atomic E-state index is 0.00157. The number of aliphatic carboxylic acids is 1. The number of amides is 1. The molecule has 7 heteroatoms. The SMILES string of the molecule is CC(C)(CC(=O)Nc1cc(Br)c(F)cc1F)C(=O)O. The number of rotatable bonds is 4. The molecule has 0 unspecified atom stereocenters. The summed E-state index contributed by atoms with van der Waals surface area (Å²) in [6.45, 7) is 2.76. The normalized spacial score (nSPS) is 11.2. The standard InChI is InChI=1S/C12H12BrF2NO3/c1-12(2,11(18)19)5-10(17)16-9-3-6(13)7(14)4-8(9)15/h3-4H,5H2,1-2H3,(H,16,17)(H,18,19). The molecule has 4 nitrogen and oxygen atoms in total. The molecule has 1 aromatic rings. The van der Waals surface area contributed by atoms with Crippen LogP contribution < -0.4 is 5.32 Å². The number of hydrogen-bond acceptors (Lipinski definition) is 2. The van der Waals surface area contributed by atoms with Crippen molar-refractivity contribution in [3.8, 4) is 0 Å². The van der Waals surface area contributed by atoms with E-state index in [0.717, 1.165) is 6.07 Å². The molecule has 2 N–H and O–H groups in total. The largest absolute Gasteiger partial charge is 0.481 e. The van der Waals surface area contributed by atoms with Gasteiger partial charge in [-0.25, -0.2) is 8.78 Å². The number of anilines is 1. The summed E-state index contributed by atoms with van der Waals surface area (Å²) in [7, 11) is 0. The molecule has 0 spiro atoms. The average molecular weight is 336 g/mol. The van der Waals surface area contributed by atoms with Crippen LogP contribution in [0.3, 0.4) is 0 Å². The Bertz CT molecular complexity index is 532. The summed E-state index contributed by atoms with van der Waals surface area (Å²) in [6, 6.07) is 1.71. The lowest BCUT2D eigenvalue weighted by Crippen LogP contribution is -2.29. The minimum Gasteiger partial charge on any atom is -0.481 e. The minimum atomic E-state index is -1.27. The van der Waals surface area contributed by atoms with Gasteiger partial charge in [0.25, 0.3) is 0 Å². The number of nitrogens with one attached hydrogen (secondary N) is 1. The highest BCUT2D eigenvalue weighted by Gasteiger charge is 2.30. The number of carbonyl (C=O) groups is 2. The lowest BCUT2D eigenvalue weighted by molar-refractivity contribution is -0.148. The van der Waals surface area contributed by atoms with Crippen LogP contribution in [0.25, 0.3) is 0 Å². The smallest absolute Gasteiger partial charge is 0.309 e. The lowest BCUT2D eigenvalue weighted by Gasteiger charge is -2.18. The predicted molar refractivity (Wildman–Crippen MR) is 68.7 cm³/mol. The van der Waals surface area contributed by atoms with Crippen LogP contribution in [0.1, 0.15) is 20.3 Å². The molecule has 0 bridgehead atoms. The van der Waals surface area contributed by atoms with E-state index >= 15 is 0 Å². The maximum atomic E-state index is 13.4. The summed E-state index contributed by atoms with van der Waals surface area (Å²) in [5.41, 5.74) is -1.47. The van der Waals surface area contributed by atoms with E-state index in [2.05, 4.69) is 21.2 Å². The summed E-state index contributed by atoms with van der Waals surface area (Å²) in [6.07, 6.45) is -0.323. The Balaban J connectivity index is 2.84. The average Bonchev–Trinajstić information content (AvgIpc) is 2.24. The van der Waals surface area contributed by atoms with Crippen molar-refractivity contribution in [1.82, 2.24) is 0 Å². The molecule has 0 aliphatic heterocycles. The number of carboxylic acid groups (broad SMARTS) is 1. The maximum absolute atomic E-state index is 13.4. The fourth-order valence-corrected chi connectivity index (χ4v) is 1.63.